The molecule has 0 spiro atoms. The van der Waals surface area contributed by atoms with Crippen molar-refractivity contribution in [2.75, 3.05) is 17.9 Å². The number of nitrogens with one attached hydrogen (secondary N) is 1. The van der Waals surface area contributed by atoms with Gasteiger partial charge in [0.15, 0.2) is 11.5 Å². The van der Waals surface area contributed by atoms with Gasteiger partial charge in [-0.05, 0) is 29.8 Å². The van der Waals surface area contributed by atoms with E-state index in [9.17, 15) is 18.3 Å². The van der Waals surface area contributed by atoms with Crippen molar-refractivity contribution in [3.05, 3.63) is 48.0 Å². The van der Waals surface area contributed by atoms with Gasteiger partial charge in [-0.3, -0.25) is 4.72 Å². The normalized spacial score (nSPS) is 13.3. The van der Waals surface area contributed by atoms with Crippen molar-refractivity contribution in [3.63, 3.8) is 0 Å². The number of hydrogen-bond acceptors (Lipinski definition) is 6. The van der Waals surface area contributed by atoms with Crippen molar-refractivity contribution in [1.29, 1.82) is 0 Å². The van der Waals surface area contributed by atoms with Crippen LogP contribution >= 0.6 is 0 Å². The summed E-state index contributed by atoms with van der Waals surface area (Å²) in [6.07, 6.45) is -0.227. The lowest BCUT2D eigenvalue weighted by atomic mass is 10.1. The summed E-state index contributed by atoms with van der Waals surface area (Å²) in [5.74, 6) is -0.306. The van der Waals surface area contributed by atoms with Gasteiger partial charge in [-0.1, -0.05) is 12.1 Å². The van der Waals surface area contributed by atoms with Crippen LogP contribution in [0, 0.1) is 0 Å². The van der Waals surface area contributed by atoms with Crippen LogP contribution in [0.5, 0.6) is 11.5 Å². The average Bonchev–Trinajstić information content (AvgIpc) is 2.55. The fourth-order valence-corrected chi connectivity index (χ4v) is 3.34. The summed E-state index contributed by atoms with van der Waals surface area (Å²) in [4.78, 5) is 10.6. The lowest BCUT2D eigenvalue weighted by Gasteiger charge is -2.19. The first-order chi connectivity index (χ1) is 11.4. The summed E-state index contributed by atoms with van der Waals surface area (Å²) in [7, 11) is -3.80. The van der Waals surface area contributed by atoms with Crippen LogP contribution in [0.25, 0.3) is 0 Å². The summed E-state index contributed by atoms with van der Waals surface area (Å²) in [5, 5.41) is 10.5. The molecule has 0 radical (unpaired) electrons. The van der Waals surface area contributed by atoms with E-state index in [0.29, 0.717) is 36.0 Å². The number of carboxylic acid groups (broad SMARTS) is 1. The van der Waals surface area contributed by atoms with Crippen LogP contribution < -0.4 is 19.3 Å². The number of carbonyl (C=O) groups is 1. The van der Waals surface area contributed by atoms with Crippen molar-refractivity contribution in [2.45, 2.75) is 11.3 Å². The van der Waals surface area contributed by atoms with Crippen molar-refractivity contribution < 1.29 is 27.8 Å². The Balaban J connectivity index is 1.79. The van der Waals surface area contributed by atoms with Gasteiger partial charge in [0.25, 0.3) is 10.0 Å². The Labute approximate surface area is 138 Å². The minimum absolute atomic E-state index is 0.0468. The van der Waals surface area contributed by atoms with E-state index >= 15 is 0 Å². The highest BCUT2D eigenvalue weighted by molar-refractivity contribution is 7.92. The summed E-state index contributed by atoms with van der Waals surface area (Å²) in [6, 6.07) is 10.4. The molecule has 1 N–H and O–H groups in total. The molecule has 7 nitrogen and oxygen atoms in total. The maximum Gasteiger partial charge on any atom is 0.262 e. The second-order valence-electron chi connectivity index (χ2n) is 5.16. The highest BCUT2D eigenvalue weighted by atomic mass is 32.2. The van der Waals surface area contributed by atoms with Crippen molar-refractivity contribution in [2.24, 2.45) is 0 Å². The van der Waals surface area contributed by atoms with Crippen LogP contribution in [-0.2, 0) is 21.2 Å². The fourth-order valence-electron chi connectivity index (χ4n) is 2.26. The highest BCUT2D eigenvalue weighted by Crippen LogP contribution is 2.32. The molecule has 0 atom stereocenters. The highest BCUT2D eigenvalue weighted by Gasteiger charge is 2.19. The largest absolute Gasteiger partial charge is 0.550 e. The predicted molar refractivity (Wildman–Crippen MR) is 83.4 cm³/mol. The monoisotopic (exact) mass is 348 g/mol. The number of carbonyl (C=O) groups excluding carboxylic acids is 1. The second-order valence-corrected chi connectivity index (χ2v) is 6.84. The van der Waals surface area contributed by atoms with Gasteiger partial charge >= 0.3 is 0 Å². The summed E-state index contributed by atoms with van der Waals surface area (Å²) in [6.45, 7) is 0.791. The van der Waals surface area contributed by atoms with E-state index in [-0.39, 0.29) is 11.3 Å². The molecule has 2 aromatic rings. The third-order valence-electron chi connectivity index (χ3n) is 3.38. The third kappa shape index (κ3) is 3.60. The molecule has 0 amide bonds. The first-order valence-electron chi connectivity index (χ1n) is 7.15. The molecule has 0 aromatic heterocycles. The Morgan fingerprint density at radius 3 is 2.38 bits per heavy atom. The van der Waals surface area contributed by atoms with Gasteiger partial charge in [0.1, 0.15) is 13.2 Å². The van der Waals surface area contributed by atoms with E-state index in [1.807, 2.05) is 0 Å². The molecule has 1 heterocycles. The molecule has 0 unspecified atom stereocenters. The number of ether oxygens (including phenoxy) is 2. The zero-order chi connectivity index (χ0) is 17.2. The fraction of sp³-hybridized carbons (Fsp3) is 0.188. The Bertz CT molecular complexity index is 861. The number of carboxylic acids is 1. The number of sulfonamides is 1. The molecule has 126 valence electrons. The summed E-state index contributed by atoms with van der Waals surface area (Å²) >= 11 is 0. The Morgan fingerprint density at radius 2 is 1.71 bits per heavy atom. The van der Waals surface area contributed by atoms with Gasteiger partial charge < -0.3 is 19.4 Å². The zero-order valence-electron chi connectivity index (χ0n) is 12.5. The topological polar surface area (TPSA) is 105 Å². The summed E-state index contributed by atoms with van der Waals surface area (Å²) in [5.41, 5.74) is 0.851. The number of anilines is 1. The molecule has 0 saturated carbocycles. The minimum Gasteiger partial charge on any atom is -0.550 e. The Kier molecular flexibility index (Phi) is 4.30. The molecule has 0 fully saturated rings. The van der Waals surface area contributed by atoms with Crippen LogP contribution in [0.1, 0.15) is 5.56 Å². The van der Waals surface area contributed by atoms with E-state index in [4.69, 9.17) is 9.47 Å². The lowest BCUT2D eigenvalue weighted by Crippen LogP contribution is -2.24. The lowest BCUT2D eigenvalue weighted by molar-refractivity contribution is -0.304. The van der Waals surface area contributed by atoms with E-state index in [2.05, 4.69) is 4.72 Å². The SMILES string of the molecule is O=C([O-])Cc1ccc(NS(=O)(=O)c2ccc3c(c2)OCCO3)cc1. The van der Waals surface area contributed by atoms with Crippen LogP contribution in [0.15, 0.2) is 47.4 Å². The second kappa shape index (κ2) is 6.40. The van der Waals surface area contributed by atoms with Crippen molar-refractivity contribution in [3.8, 4) is 11.5 Å². The van der Waals surface area contributed by atoms with Gasteiger partial charge in [0, 0.05) is 24.1 Å². The maximum atomic E-state index is 12.4. The maximum absolute atomic E-state index is 12.4. The smallest absolute Gasteiger partial charge is 0.262 e. The van der Waals surface area contributed by atoms with Crippen LogP contribution in [0.4, 0.5) is 5.69 Å². The molecular formula is C16H14NO6S-. The Hall–Kier alpha value is -2.74. The predicted octanol–water partition coefficient (Wildman–Crippen LogP) is 0.551. The van der Waals surface area contributed by atoms with E-state index in [1.54, 1.807) is 6.07 Å². The molecule has 0 aliphatic carbocycles. The van der Waals surface area contributed by atoms with Crippen LogP contribution in [0.2, 0.25) is 0 Å². The molecule has 8 heteroatoms. The number of hydrogen-bond donors (Lipinski definition) is 1. The number of benzene rings is 2. The van der Waals surface area contributed by atoms with Crippen molar-refractivity contribution in [1.82, 2.24) is 0 Å². The molecule has 2 aromatic carbocycles. The Morgan fingerprint density at radius 1 is 1.04 bits per heavy atom. The van der Waals surface area contributed by atoms with Crippen molar-refractivity contribution >= 4 is 21.7 Å². The van der Waals surface area contributed by atoms with Gasteiger partial charge in [-0.2, -0.15) is 0 Å². The third-order valence-corrected chi connectivity index (χ3v) is 4.76. The molecule has 24 heavy (non-hydrogen) atoms. The molecule has 1 aliphatic rings. The average molecular weight is 348 g/mol. The van der Waals surface area contributed by atoms with Crippen LogP contribution in [-0.4, -0.2) is 27.6 Å². The zero-order valence-corrected chi connectivity index (χ0v) is 13.3. The van der Waals surface area contributed by atoms with Gasteiger partial charge in [-0.15, -0.1) is 0 Å². The van der Waals surface area contributed by atoms with Crippen LogP contribution in [0.3, 0.4) is 0 Å². The van der Waals surface area contributed by atoms with Gasteiger partial charge in [0.2, 0.25) is 0 Å². The number of rotatable bonds is 5. The summed E-state index contributed by atoms with van der Waals surface area (Å²) < 4.78 is 38.1. The first kappa shape index (κ1) is 16.1. The first-order valence-corrected chi connectivity index (χ1v) is 8.64. The molecule has 3 rings (SSSR count). The molecule has 0 bridgehead atoms. The van der Waals surface area contributed by atoms with E-state index in [1.165, 1.54) is 36.4 Å². The quantitative estimate of drug-likeness (QED) is 0.846. The molecular weight excluding hydrogens is 334 g/mol. The minimum atomic E-state index is -3.80. The van der Waals surface area contributed by atoms with Gasteiger partial charge in [0.05, 0.1) is 4.90 Å². The number of fused-ring (bicyclic) bond motifs is 1. The molecule has 0 saturated heterocycles. The number of aliphatic carboxylic acids is 1. The van der Waals surface area contributed by atoms with E-state index < -0.39 is 16.0 Å². The standard InChI is InChI=1S/C16H15NO6S/c18-16(19)9-11-1-3-12(4-2-11)17-24(20,21)13-5-6-14-15(10-13)23-8-7-22-14/h1-6,10,17H,7-9H2,(H,18,19)/p-1. The van der Waals surface area contributed by atoms with E-state index in [0.717, 1.165) is 0 Å². The molecule has 1 aliphatic heterocycles. The van der Waals surface area contributed by atoms with Gasteiger partial charge in [-0.25, -0.2) is 8.42 Å².